The Labute approximate surface area is 212 Å². The molecule has 0 aromatic heterocycles. The number of amides is 2. The lowest BCUT2D eigenvalue weighted by Crippen LogP contribution is -2.69. The molecule has 1 saturated heterocycles. The largest absolute Gasteiger partial charge is 0.498 e. The number of nitrogens with zero attached hydrogens (tertiary/aromatic N) is 2. The second-order valence-corrected chi connectivity index (χ2v) is 12.2. The molecule has 2 atom stereocenters. The average molecular weight is 519 g/mol. The van der Waals surface area contributed by atoms with Crippen molar-refractivity contribution in [2.75, 3.05) is 32.5 Å². The van der Waals surface area contributed by atoms with E-state index in [9.17, 15) is 23.1 Å². The van der Waals surface area contributed by atoms with Gasteiger partial charge in [0, 0.05) is 18.2 Å². The van der Waals surface area contributed by atoms with Crippen LogP contribution in [-0.2, 0) is 21.1 Å². The number of quaternary nitrogens is 1. The van der Waals surface area contributed by atoms with E-state index in [0.29, 0.717) is 12.2 Å². The Morgan fingerprint density at radius 1 is 1.08 bits per heavy atom. The van der Waals surface area contributed by atoms with Crippen LogP contribution in [-0.4, -0.2) is 74.1 Å². The monoisotopic (exact) mass is 518 g/mol. The van der Waals surface area contributed by atoms with Gasteiger partial charge in [-0.2, -0.15) is 0 Å². The molecule has 0 N–H and O–H groups in total. The van der Waals surface area contributed by atoms with E-state index >= 15 is 0 Å². The van der Waals surface area contributed by atoms with E-state index in [1.807, 2.05) is 30.3 Å². The van der Waals surface area contributed by atoms with E-state index in [0.717, 1.165) is 11.8 Å². The number of hydrogen-bond donors (Lipinski definition) is 0. The summed E-state index contributed by atoms with van der Waals surface area (Å²) in [5, 5.41) is 12.4. The lowest BCUT2D eigenvalue weighted by atomic mass is 10.0. The summed E-state index contributed by atoms with van der Waals surface area (Å²) in [7, 11) is -3.31. The van der Waals surface area contributed by atoms with Crippen LogP contribution >= 0.6 is 0 Å². The van der Waals surface area contributed by atoms with Crippen molar-refractivity contribution in [2.45, 2.75) is 50.3 Å². The SMILES string of the molecule is CC(C)(C)OC(=O)N1CC[N+](Cc2ccccc2)(C(=O)[O-])C[C@H]1CCOc1ccc(S(C)(=O)=O)cc1. The van der Waals surface area contributed by atoms with Gasteiger partial charge in [-0.1, -0.05) is 30.3 Å². The Morgan fingerprint density at radius 3 is 2.28 bits per heavy atom. The summed E-state index contributed by atoms with van der Waals surface area (Å²) in [6, 6.07) is 15.0. The summed E-state index contributed by atoms with van der Waals surface area (Å²) < 4.78 is 34.4. The van der Waals surface area contributed by atoms with Crippen molar-refractivity contribution in [3.8, 4) is 5.75 Å². The molecule has 1 heterocycles. The summed E-state index contributed by atoms with van der Waals surface area (Å²) in [6.07, 6.45) is -0.199. The molecule has 196 valence electrons. The highest BCUT2D eigenvalue weighted by Gasteiger charge is 2.44. The number of carbonyl (C=O) groups excluding carboxylic acids is 2. The second kappa shape index (κ2) is 10.9. The van der Waals surface area contributed by atoms with Gasteiger partial charge in [0.25, 0.3) is 6.09 Å². The van der Waals surface area contributed by atoms with Crippen molar-refractivity contribution in [3.05, 3.63) is 60.2 Å². The summed E-state index contributed by atoms with van der Waals surface area (Å²) >= 11 is 0. The van der Waals surface area contributed by atoms with Crippen molar-refractivity contribution in [2.24, 2.45) is 0 Å². The van der Waals surface area contributed by atoms with E-state index in [1.54, 1.807) is 37.8 Å². The minimum Gasteiger partial charge on any atom is -0.498 e. The molecular weight excluding hydrogens is 484 g/mol. The molecule has 1 aliphatic heterocycles. The third kappa shape index (κ3) is 7.20. The van der Waals surface area contributed by atoms with Crippen LogP contribution in [0.3, 0.4) is 0 Å². The number of sulfone groups is 1. The number of carbonyl (C=O) groups is 2. The molecule has 3 rings (SSSR count). The average Bonchev–Trinajstić information content (AvgIpc) is 2.78. The van der Waals surface area contributed by atoms with Gasteiger partial charge < -0.3 is 19.4 Å². The van der Waals surface area contributed by atoms with Gasteiger partial charge >= 0.3 is 6.09 Å². The van der Waals surface area contributed by atoms with Gasteiger partial charge in [0.1, 0.15) is 31.0 Å². The van der Waals surface area contributed by atoms with Crippen LogP contribution in [0.15, 0.2) is 59.5 Å². The first-order chi connectivity index (χ1) is 16.8. The van der Waals surface area contributed by atoms with E-state index in [1.165, 1.54) is 12.1 Å². The zero-order valence-electron chi connectivity index (χ0n) is 21.2. The van der Waals surface area contributed by atoms with Crippen LogP contribution in [0.2, 0.25) is 0 Å². The Hall–Kier alpha value is -3.11. The summed E-state index contributed by atoms with van der Waals surface area (Å²) in [4.78, 5) is 27.1. The Kier molecular flexibility index (Phi) is 8.30. The highest BCUT2D eigenvalue weighted by Crippen LogP contribution is 2.26. The fourth-order valence-corrected chi connectivity index (χ4v) is 4.92. The Bertz CT molecular complexity index is 1160. The summed E-state index contributed by atoms with van der Waals surface area (Å²) in [5.41, 5.74) is 0.176. The van der Waals surface area contributed by atoms with Crippen LogP contribution in [0.1, 0.15) is 32.8 Å². The molecule has 1 unspecified atom stereocenters. The molecule has 10 heteroatoms. The van der Waals surface area contributed by atoms with Crippen LogP contribution in [0, 0.1) is 0 Å². The smallest absolute Gasteiger partial charge is 0.410 e. The summed E-state index contributed by atoms with van der Waals surface area (Å²) in [5.74, 6) is 0.479. The number of rotatable bonds is 7. The summed E-state index contributed by atoms with van der Waals surface area (Å²) in [6.45, 7) is 6.32. The number of benzene rings is 2. The molecule has 2 amide bonds. The first kappa shape index (κ1) is 27.5. The van der Waals surface area contributed by atoms with E-state index < -0.39 is 33.7 Å². The van der Waals surface area contributed by atoms with Crippen molar-refractivity contribution in [3.63, 3.8) is 0 Å². The maximum absolute atomic E-state index is 13.0. The van der Waals surface area contributed by atoms with E-state index in [4.69, 9.17) is 9.47 Å². The van der Waals surface area contributed by atoms with Gasteiger partial charge in [-0.05, 0) is 45.0 Å². The lowest BCUT2D eigenvalue weighted by Gasteiger charge is -2.48. The molecule has 0 radical (unpaired) electrons. The van der Waals surface area contributed by atoms with Crippen molar-refractivity contribution in [1.82, 2.24) is 4.90 Å². The quantitative estimate of drug-likeness (QED) is 0.518. The number of piperazine rings is 1. The van der Waals surface area contributed by atoms with Crippen LogP contribution in [0.25, 0.3) is 0 Å². The molecule has 2 aromatic rings. The second-order valence-electron chi connectivity index (χ2n) is 10.2. The highest BCUT2D eigenvalue weighted by atomic mass is 32.2. The van der Waals surface area contributed by atoms with Gasteiger partial charge in [0.15, 0.2) is 9.84 Å². The van der Waals surface area contributed by atoms with Gasteiger partial charge in [0.05, 0.1) is 24.1 Å². The predicted molar refractivity (Wildman–Crippen MR) is 132 cm³/mol. The molecule has 2 aromatic carbocycles. The molecule has 1 aliphatic rings. The third-order valence-electron chi connectivity index (χ3n) is 6.08. The fraction of sp³-hybridized carbons (Fsp3) is 0.462. The van der Waals surface area contributed by atoms with Crippen molar-refractivity contribution in [1.29, 1.82) is 0 Å². The minimum absolute atomic E-state index is 0.146. The Balaban J connectivity index is 1.77. The topological polar surface area (TPSA) is 113 Å². The first-order valence-corrected chi connectivity index (χ1v) is 13.7. The zero-order valence-corrected chi connectivity index (χ0v) is 22.0. The predicted octanol–water partition coefficient (Wildman–Crippen LogP) is 2.84. The van der Waals surface area contributed by atoms with Crippen molar-refractivity contribution >= 4 is 22.0 Å². The molecule has 0 bridgehead atoms. The molecule has 0 saturated carbocycles. The van der Waals surface area contributed by atoms with Gasteiger partial charge in [-0.25, -0.2) is 13.2 Å². The van der Waals surface area contributed by atoms with Gasteiger partial charge in [-0.15, -0.1) is 0 Å². The molecule has 36 heavy (non-hydrogen) atoms. The van der Waals surface area contributed by atoms with Crippen LogP contribution in [0.4, 0.5) is 9.59 Å². The molecule has 1 fully saturated rings. The van der Waals surface area contributed by atoms with Gasteiger partial charge in [-0.3, -0.25) is 9.38 Å². The van der Waals surface area contributed by atoms with Gasteiger partial charge in [0.2, 0.25) is 0 Å². The standard InChI is InChI=1S/C26H34N2O7S/c1-26(2,3)35-24(29)27-15-16-28(25(30)31,18-20-8-6-5-7-9-20)19-21(27)14-17-34-22-10-12-23(13-11-22)36(4,32)33/h5-13,21H,14-19H2,1-4H3/t21-,28?/m1/s1. The van der Waals surface area contributed by atoms with Crippen LogP contribution < -0.4 is 9.84 Å². The molecule has 9 nitrogen and oxygen atoms in total. The first-order valence-electron chi connectivity index (χ1n) is 11.8. The zero-order chi connectivity index (χ0) is 26.6. The maximum atomic E-state index is 13.0. The minimum atomic E-state index is -3.31. The third-order valence-corrected chi connectivity index (χ3v) is 7.21. The van der Waals surface area contributed by atoms with Crippen LogP contribution in [0.5, 0.6) is 5.75 Å². The maximum Gasteiger partial charge on any atom is 0.410 e. The number of ether oxygens (including phenoxy) is 2. The molecule has 0 spiro atoms. The normalized spacial score (nSPS) is 20.6. The fourth-order valence-electron chi connectivity index (χ4n) is 4.29. The lowest BCUT2D eigenvalue weighted by molar-refractivity contribution is -0.895. The van der Waals surface area contributed by atoms with Crippen molar-refractivity contribution < 1.29 is 37.1 Å². The van der Waals surface area contributed by atoms with E-state index in [-0.39, 0.29) is 42.2 Å². The number of hydrogen-bond acceptors (Lipinski definition) is 7. The molecule has 0 aliphatic carbocycles. The number of carboxylic acid groups (broad SMARTS) is 1. The Morgan fingerprint density at radius 2 is 1.72 bits per heavy atom. The van der Waals surface area contributed by atoms with E-state index in [2.05, 4.69) is 0 Å². The highest BCUT2D eigenvalue weighted by molar-refractivity contribution is 7.90. The molecular formula is C26H34N2O7S.